The molecule has 0 bridgehead atoms. The topological polar surface area (TPSA) is 28.2 Å². The number of aromatic nitrogens is 1. The zero-order chi connectivity index (χ0) is 12.1. The summed E-state index contributed by atoms with van der Waals surface area (Å²) in [5.41, 5.74) is 2.54. The molecule has 0 radical (unpaired) electrons. The zero-order valence-corrected chi connectivity index (χ0v) is 10.9. The number of nitrogens with one attached hydrogen (secondary N) is 1. The van der Waals surface area contributed by atoms with E-state index in [0.29, 0.717) is 0 Å². The first-order chi connectivity index (χ1) is 8.31. The van der Waals surface area contributed by atoms with E-state index < -0.39 is 0 Å². The molecule has 0 aromatic carbocycles. The van der Waals surface area contributed by atoms with Crippen LogP contribution >= 0.6 is 0 Å². The van der Waals surface area contributed by atoms with Gasteiger partial charge in [0.15, 0.2) is 0 Å². The van der Waals surface area contributed by atoms with Crippen LogP contribution < -0.4 is 5.32 Å². The second kappa shape index (κ2) is 6.12. The highest BCUT2D eigenvalue weighted by molar-refractivity contribution is 5.19. The van der Waals surface area contributed by atoms with Crippen LogP contribution in [0.25, 0.3) is 0 Å². The summed E-state index contributed by atoms with van der Waals surface area (Å²) in [5, 5.41) is 3.21. The van der Waals surface area contributed by atoms with Gasteiger partial charge >= 0.3 is 0 Å². The molecule has 1 aliphatic rings. The molecule has 94 valence electrons. The van der Waals surface area contributed by atoms with Gasteiger partial charge in [-0.25, -0.2) is 0 Å². The second-order valence-electron chi connectivity index (χ2n) is 4.99. The Hall–Kier alpha value is -0.930. The minimum absolute atomic E-state index is 0.763. The van der Waals surface area contributed by atoms with E-state index in [1.165, 1.54) is 36.9 Å². The summed E-state index contributed by atoms with van der Waals surface area (Å²) in [6.07, 6.45) is 7.38. The Morgan fingerprint density at radius 1 is 1.41 bits per heavy atom. The Labute approximate surface area is 104 Å². The lowest BCUT2D eigenvalue weighted by Crippen LogP contribution is -2.29. The largest absolute Gasteiger partial charge is 0.316 e. The van der Waals surface area contributed by atoms with E-state index in [0.717, 1.165) is 19.1 Å². The number of nitrogens with zero attached hydrogens (tertiary/aromatic N) is 2. The fourth-order valence-corrected chi connectivity index (χ4v) is 2.68. The highest BCUT2D eigenvalue weighted by atomic mass is 15.1. The third-order valence-corrected chi connectivity index (χ3v) is 3.70. The fourth-order valence-electron chi connectivity index (χ4n) is 2.68. The average Bonchev–Trinajstić information content (AvgIpc) is 2.85. The summed E-state index contributed by atoms with van der Waals surface area (Å²) in [4.78, 5) is 6.99. The molecular formula is C14H23N3. The number of hydrogen-bond donors (Lipinski definition) is 1. The van der Waals surface area contributed by atoms with Gasteiger partial charge in [-0.05, 0) is 38.6 Å². The van der Waals surface area contributed by atoms with Crippen molar-refractivity contribution in [2.45, 2.75) is 44.8 Å². The lowest BCUT2D eigenvalue weighted by Gasteiger charge is -2.24. The van der Waals surface area contributed by atoms with Crippen LogP contribution in [0.1, 0.15) is 36.9 Å². The minimum atomic E-state index is 0.763. The summed E-state index contributed by atoms with van der Waals surface area (Å²) in [5.74, 6) is 0. The zero-order valence-electron chi connectivity index (χ0n) is 10.9. The molecule has 0 unspecified atom stereocenters. The Morgan fingerprint density at radius 2 is 2.18 bits per heavy atom. The van der Waals surface area contributed by atoms with E-state index in [2.05, 4.69) is 28.3 Å². The number of pyridine rings is 1. The molecule has 2 rings (SSSR count). The molecule has 0 aliphatic heterocycles. The van der Waals surface area contributed by atoms with Gasteiger partial charge in [0.1, 0.15) is 0 Å². The fraction of sp³-hybridized carbons (Fsp3) is 0.643. The Kier molecular flexibility index (Phi) is 4.51. The molecule has 1 fully saturated rings. The van der Waals surface area contributed by atoms with Gasteiger partial charge in [0, 0.05) is 25.3 Å². The summed E-state index contributed by atoms with van der Waals surface area (Å²) in [6, 6.07) is 4.95. The van der Waals surface area contributed by atoms with Crippen LogP contribution in [-0.4, -0.2) is 30.0 Å². The first-order valence-electron chi connectivity index (χ1n) is 6.59. The van der Waals surface area contributed by atoms with Crippen molar-refractivity contribution < 1.29 is 0 Å². The quantitative estimate of drug-likeness (QED) is 0.845. The summed E-state index contributed by atoms with van der Waals surface area (Å²) >= 11 is 0. The van der Waals surface area contributed by atoms with Gasteiger partial charge in [-0.3, -0.25) is 9.88 Å². The van der Waals surface area contributed by atoms with Gasteiger partial charge in [-0.2, -0.15) is 0 Å². The number of rotatable bonds is 5. The molecule has 0 atom stereocenters. The molecule has 17 heavy (non-hydrogen) atoms. The van der Waals surface area contributed by atoms with Gasteiger partial charge in [0.25, 0.3) is 0 Å². The first-order valence-corrected chi connectivity index (χ1v) is 6.59. The van der Waals surface area contributed by atoms with Gasteiger partial charge in [0.2, 0.25) is 0 Å². The van der Waals surface area contributed by atoms with Gasteiger partial charge in [0.05, 0.1) is 5.69 Å². The van der Waals surface area contributed by atoms with E-state index in [1.54, 1.807) is 0 Å². The molecule has 0 saturated heterocycles. The maximum atomic E-state index is 4.53. The van der Waals surface area contributed by atoms with E-state index in [9.17, 15) is 0 Å². The third-order valence-electron chi connectivity index (χ3n) is 3.70. The maximum Gasteiger partial charge on any atom is 0.0588 e. The molecule has 1 aliphatic carbocycles. The van der Waals surface area contributed by atoms with Crippen LogP contribution in [0.5, 0.6) is 0 Å². The standard InChI is InChI=1S/C14H23N3/c1-15-10-12-6-5-9-16-14(12)11-17(2)13-7-3-4-8-13/h5-6,9,13,15H,3-4,7-8,10-11H2,1-2H3. The van der Waals surface area contributed by atoms with E-state index >= 15 is 0 Å². The summed E-state index contributed by atoms with van der Waals surface area (Å²) in [6.45, 7) is 1.88. The van der Waals surface area contributed by atoms with Crippen LogP contribution in [-0.2, 0) is 13.1 Å². The minimum Gasteiger partial charge on any atom is -0.316 e. The van der Waals surface area contributed by atoms with Crippen molar-refractivity contribution in [3.63, 3.8) is 0 Å². The van der Waals surface area contributed by atoms with E-state index in [1.807, 2.05) is 19.3 Å². The predicted octanol–water partition coefficient (Wildman–Crippen LogP) is 2.18. The molecule has 1 aromatic heterocycles. The second-order valence-corrected chi connectivity index (χ2v) is 4.99. The smallest absolute Gasteiger partial charge is 0.0588 e. The molecule has 0 amide bonds. The molecule has 1 aromatic rings. The Balaban J connectivity index is 2.01. The lowest BCUT2D eigenvalue weighted by molar-refractivity contribution is 0.234. The average molecular weight is 233 g/mol. The van der Waals surface area contributed by atoms with Crippen LogP contribution in [0.15, 0.2) is 18.3 Å². The SMILES string of the molecule is CNCc1cccnc1CN(C)C1CCCC1. The molecule has 1 saturated carbocycles. The van der Waals surface area contributed by atoms with Crippen LogP contribution in [0.4, 0.5) is 0 Å². The highest BCUT2D eigenvalue weighted by Gasteiger charge is 2.20. The van der Waals surface area contributed by atoms with Crippen LogP contribution in [0.3, 0.4) is 0 Å². The van der Waals surface area contributed by atoms with Gasteiger partial charge in [-0.1, -0.05) is 18.9 Å². The van der Waals surface area contributed by atoms with Crippen molar-refractivity contribution in [3.8, 4) is 0 Å². The molecule has 1 N–H and O–H groups in total. The van der Waals surface area contributed by atoms with Crippen molar-refractivity contribution in [3.05, 3.63) is 29.6 Å². The summed E-state index contributed by atoms with van der Waals surface area (Å²) < 4.78 is 0. The van der Waals surface area contributed by atoms with Gasteiger partial charge in [-0.15, -0.1) is 0 Å². The predicted molar refractivity (Wildman–Crippen MR) is 70.7 cm³/mol. The van der Waals surface area contributed by atoms with Crippen molar-refractivity contribution in [1.29, 1.82) is 0 Å². The summed E-state index contributed by atoms with van der Waals surface area (Å²) in [7, 11) is 4.21. The van der Waals surface area contributed by atoms with E-state index in [4.69, 9.17) is 0 Å². The van der Waals surface area contributed by atoms with Crippen molar-refractivity contribution in [2.75, 3.05) is 14.1 Å². The first kappa shape index (κ1) is 12.5. The molecule has 1 heterocycles. The number of hydrogen-bond acceptors (Lipinski definition) is 3. The molecular weight excluding hydrogens is 210 g/mol. The van der Waals surface area contributed by atoms with Crippen LogP contribution in [0.2, 0.25) is 0 Å². The van der Waals surface area contributed by atoms with Gasteiger partial charge < -0.3 is 5.32 Å². The van der Waals surface area contributed by atoms with E-state index in [-0.39, 0.29) is 0 Å². The highest BCUT2D eigenvalue weighted by Crippen LogP contribution is 2.23. The Bertz CT molecular complexity index is 345. The lowest BCUT2D eigenvalue weighted by atomic mass is 10.1. The monoisotopic (exact) mass is 233 g/mol. The molecule has 3 nitrogen and oxygen atoms in total. The van der Waals surface area contributed by atoms with Crippen molar-refractivity contribution in [2.24, 2.45) is 0 Å². The normalized spacial score (nSPS) is 16.9. The molecule has 0 spiro atoms. The Morgan fingerprint density at radius 3 is 2.88 bits per heavy atom. The van der Waals surface area contributed by atoms with Crippen LogP contribution in [0, 0.1) is 0 Å². The van der Waals surface area contributed by atoms with Crippen molar-refractivity contribution >= 4 is 0 Å². The molecule has 3 heteroatoms. The van der Waals surface area contributed by atoms with Crippen molar-refractivity contribution in [1.82, 2.24) is 15.2 Å². The maximum absolute atomic E-state index is 4.53. The third kappa shape index (κ3) is 3.27.